The smallest absolute Gasteiger partial charge is 0.243 e. The molecule has 7 nitrogen and oxygen atoms in total. The van der Waals surface area contributed by atoms with E-state index < -0.39 is 10.0 Å². The zero-order valence-corrected chi connectivity index (χ0v) is 19.1. The third-order valence-electron chi connectivity index (χ3n) is 5.84. The maximum absolute atomic E-state index is 12.6. The first kappa shape index (κ1) is 22.9. The van der Waals surface area contributed by atoms with Gasteiger partial charge in [0.2, 0.25) is 21.8 Å². The van der Waals surface area contributed by atoms with Crippen molar-refractivity contribution in [2.45, 2.75) is 37.0 Å². The van der Waals surface area contributed by atoms with Crippen LogP contribution in [-0.4, -0.2) is 37.6 Å². The van der Waals surface area contributed by atoms with E-state index in [-0.39, 0.29) is 29.6 Å². The number of sulfonamides is 1. The van der Waals surface area contributed by atoms with Gasteiger partial charge in [-0.2, -0.15) is 4.31 Å². The second kappa shape index (κ2) is 10.1. The summed E-state index contributed by atoms with van der Waals surface area (Å²) in [5, 5.41) is 2.07. The van der Waals surface area contributed by atoms with Crippen LogP contribution in [-0.2, 0) is 32.5 Å². The van der Waals surface area contributed by atoms with Crippen molar-refractivity contribution >= 4 is 32.6 Å². The van der Waals surface area contributed by atoms with Crippen LogP contribution in [0.25, 0.3) is 10.8 Å². The largest absolute Gasteiger partial charge is 0.273 e. The van der Waals surface area contributed by atoms with E-state index in [1.165, 1.54) is 4.31 Å². The average molecular weight is 466 g/mol. The first-order valence-electron chi connectivity index (χ1n) is 11.1. The van der Waals surface area contributed by atoms with Gasteiger partial charge >= 0.3 is 0 Å². The predicted molar refractivity (Wildman–Crippen MR) is 127 cm³/mol. The molecule has 0 saturated carbocycles. The highest BCUT2D eigenvalue weighted by molar-refractivity contribution is 7.89. The molecule has 0 aromatic heterocycles. The monoisotopic (exact) mass is 465 g/mol. The Balaban J connectivity index is 1.25. The number of amides is 2. The van der Waals surface area contributed by atoms with E-state index in [4.69, 9.17) is 0 Å². The fourth-order valence-corrected chi connectivity index (χ4v) is 5.55. The van der Waals surface area contributed by atoms with Gasteiger partial charge in [0.15, 0.2) is 0 Å². The highest BCUT2D eigenvalue weighted by Crippen LogP contribution is 2.21. The van der Waals surface area contributed by atoms with Gasteiger partial charge in [0.25, 0.3) is 0 Å². The Hall–Kier alpha value is -3.23. The molecule has 8 heteroatoms. The Bertz CT molecular complexity index is 1240. The van der Waals surface area contributed by atoms with Gasteiger partial charge in [-0.3, -0.25) is 20.4 Å². The standard InChI is InChI=1S/C25H27N3O4S/c29-24(26-27-25(30)18-21-8-5-7-20-6-1-2-9-23(20)21)15-12-19-10-13-22(14-11-19)33(31,32)28-16-3-4-17-28/h1-2,5-11,13-14H,3-4,12,15-18H2,(H,26,29)(H,27,30). The second-order valence-electron chi connectivity index (χ2n) is 8.17. The van der Waals surface area contributed by atoms with Crippen molar-refractivity contribution in [2.75, 3.05) is 13.1 Å². The van der Waals surface area contributed by atoms with Crippen LogP contribution in [0, 0.1) is 0 Å². The lowest BCUT2D eigenvalue weighted by Gasteiger charge is -2.15. The minimum Gasteiger partial charge on any atom is -0.273 e. The van der Waals surface area contributed by atoms with Crippen LogP contribution in [0.4, 0.5) is 0 Å². The summed E-state index contributed by atoms with van der Waals surface area (Å²) in [5.74, 6) is -0.605. The van der Waals surface area contributed by atoms with Crippen molar-refractivity contribution in [2.24, 2.45) is 0 Å². The molecule has 0 radical (unpaired) electrons. The molecule has 1 fully saturated rings. The second-order valence-corrected chi connectivity index (χ2v) is 10.1. The number of hydrogen-bond acceptors (Lipinski definition) is 4. The van der Waals surface area contributed by atoms with Crippen molar-refractivity contribution in [3.8, 4) is 0 Å². The highest BCUT2D eigenvalue weighted by atomic mass is 32.2. The molecule has 4 rings (SSSR count). The maximum Gasteiger partial charge on any atom is 0.243 e. The molecule has 1 saturated heterocycles. The molecule has 1 heterocycles. The molecular formula is C25H27N3O4S. The van der Waals surface area contributed by atoms with Gasteiger partial charge in [0, 0.05) is 19.5 Å². The maximum atomic E-state index is 12.6. The lowest BCUT2D eigenvalue weighted by molar-refractivity contribution is -0.128. The SMILES string of the molecule is O=C(CCc1ccc(S(=O)(=O)N2CCCC2)cc1)NNC(=O)Cc1cccc2ccccc12. The number of benzene rings is 3. The van der Waals surface area contributed by atoms with Crippen LogP contribution in [0.15, 0.2) is 71.6 Å². The molecule has 3 aromatic rings. The summed E-state index contributed by atoms with van der Waals surface area (Å²) in [5.41, 5.74) is 6.67. The minimum absolute atomic E-state index is 0.161. The van der Waals surface area contributed by atoms with E-state index in [0.29, 0.717) is 19.5 Å². The van der Waals surface area contributed by atoms with Crippen LogP contribution < -0.4 is 10.9 Å². The number of carbonyl (C=O) groups excluding carboxylic acids is 2. The van der Waals surface area contributed by atoms with Gasteiger partial charge in [0.05, 0.1) is 11.3 Å². The van der Waals surface area contributed by atoms with E-state index >= 15 is 0 Å². The Kier molecular flexibility index (Phi) is 7.05. The normalized spacial score (nSPS) is 14.3. The van der Waals surface area contributed by atoms with E-state index in [1.54, 1.807) is 24.3 Å². The molecule has 0 bridgehead atoms. The molecule has 1 aliphatic heterocycles. The molecular weight excluding hydrogens is 438 g/mol. The third-order valence-corrected chi connectivity index (χ3v) is 7.75. The molecule has 0 unspecified atom stereocenters. The van der Waals surface area contributed by atoms with E-state index in [2.05, 4.69) is 10.9 Å². The number of carbonyl (C=O) groups is 2. The minimum atomic E-state index is -3.44. The number of aryl methyl sites for hydroxylation is 1. The number of rotatable bonds is 7. The van der Waals surface area contributed by atoms with Crippen molar-refractivity contribution in [1.82, 2.24) is 15.2 Å². The van der Waals surface area contributed by atoms with Crippen molar-refractivity contribution in [3.05, 3.63) is 77.9 Å². The van der Waals surface area contributed by atoms with Crippen molar-refractivity contribution in [1.29, 1.82) is 0 Å². The molecule has 0 aliphatic carbocycles. The lowest BCUT2D eigenvalue weighted by atomic mass is 10.0. The molecule has 33 heavy (non-hydrogen) atoms. The molecule has 0 spiro atoms. The van der Waals surface area contributed by atoms with Gasteiger partial charge in [0.1, 0.15) is 0 Å². The van der Waals surface area contributed by atoms with Gasteiger partial charge < -0.3 is 0 Å². The molecule has 3 aromatic carbocycles. The summed E-state index contributed by atoms with van der Waals surface area (Å²) >= 11 is 0. The summed E-state index contributed by atoms with van der Waals surface area (Å²) < 4.78 is 26.7. The Labute approximate surface area is 193 Å². The van der Waals surface area contributed by atoms with Crippen LogP contribution in [0.2, 0.25) is 0 Å². The Morgan fingerprint density at radius 3 is 2.24 bits per heavy atom. The number of hydrogen-bond donors (Lipinski definition) is 2. The van der Waals surface area contributed by atoms with Crippen molar-refractivity contribution in [3.63, 3.8) is 0 Å². The molecule has 172 valence electrons. The lowest BCUT2D eigenvalue weighted by Crippen LogP contribution is -2.42. The van der Waals surface area contributed by atoms with E-state index in [0.717, 1.165) is 34.7 Å². The summed E-state index contributed by atoms with van der Waals surface area (Å²) in [6.45, 7) is 1.13. The van der Waals surface area contributed by atoms with Crippen molar-refractivity contribution < 1.29 is 18.0 Å². The zero-order valence-electron chi connectivity index (χ0n) is 18.3. The molecule has 2 N–H and O–H groups in total. The Morgan fingerprint density at radius 2 is 1.48 bits per heavy atom. The highest BCUT2D eigenvalue weighted by Gasteiger charge is 2.26. The zero-order chi connectivity index (χ0) is 23.3. The van der Waals surface area contributed by atoms with E-state index in [9.17, 15) is 18.0 Å². The average Bonchev–Trinajstić information content (AvgIpc) is 3.38. The number of fused-ring (bicyclic) bond motifs is 1. The van der Waals surface area contributed by atoms with Gasteiger partial charge in [-0.25, -0.2) is 8.42 Å². The third kappa shape index (κ3) is 5.58. The fraction of sp³-hybridized carbons (Fsp3) is 0.280. The summed E-state index contributed by atoms with van der Waals surface area (Å²) in [4.78, 5) is 24.7. The first-order valence-corrected chi connectivity index (χ1v) is 12.5. The first-order chi connectivity index (χ1) is 15.9. The fourth-order valence-electron chi connectivity index (χ4n) is 4.03. The van der Waals surface area contributed by atoms with Gasteiger partial charge in [-0.05, 0) is 53.3 Å². The van der Waals surface area contributed by atoms with Crippen LogP contribution in [0.5, 0.6) is 0 Å². The molecule has 2 amide bonds. The number of nitrogens with zero attached hydrogens (tertiary/aromatic N) is 1. The van der Waals surface area contributed by atoms with Crippen LogP contribution in [0.1, 0.15) is 30.4 Å². The van der Waals surface area contributed by atoms with E-state index in [1.807, 2.05) is 42.5 Å². The summed E-state index contributed by atoms with van der Waals surface area (Å²) in [6, 6.07) is 20.3. The van der Waals surface area contributed by atoms with Gasteiger partial charge in [-0.15, -0.1) is 0 Å². The molecule has 0 atom stereocenters. The Morgan fingerprint density at radius 1 is 0.818 bits per heavy atom. The summed E-state index contributed by atoms with van der Waals surface area (Å²) in [6.07, 6.45) is 2.56. The van der Waals surface area contributed by atoms with Crippen LogP contribution in [0.3, 0.4) is 0 Å². The summed E-state index contributed by atoms with van der Waals surface area (Å²) in [7, 11) is -3.44. The quantitative estimate of drug-likeness (QED) is 0.525. The van der Waals surface area contributed by atoms with Gasteiger partial charge in [-0.1, -0.05) is 54.6 Å². The number of hydrazine groups is 1. The van der Waals surface area contributed by atoms with Crippen LogP contribution >= 0.6 is 0 Å². The molecule has 1 aliphatic rings. The topological polar surface area (TPSA) is 95.6 Å². The number of nitrogens with one attached hydrogen (secondary N) is 2. The predicted octanol–water partition coefficient (Wildman–Crippen LogP) is 2.95.